The Kier molecular flexibility index (Phi) is 7.03. The quantitative estimate of drug-likeness (QED) is 0.830. The molecule has 2 N–H and O–H groups in total. The predicted molar refractivity (Wildman–Crippen MR) is 72.1 cm³/mol. The lowest BCUT2D eigenvalue weighted by atomic mass is 10.1. The van der Waals surface area contributed by atoms with E-state index in [1.54, 1.807) is 12.1 Å². The van der Waals surface area contributed by atoms with Crippen LogP contribution in [-0.2, 0) is 0 Å². The number of carbonyl (C=O) groups excluding carboxylic acids is 1. The van der Waals surface area contributed by atoms with Crippen LogP contribution in [0.4, 0.5) is 0 Å². The van der Waals surface area contributed by atoms with Gasteiger partial charge in [0.1, 0.15) is 11.8 Å². The van der Waals surface area contributed by atoms with E-state index in [1.807, 2.05) is 19.9 Å². The van der Waals surface area contributed by atoms with Crippen LogP contribution in [0.25, 0.3) is 0 Å². The number of benzene rings is 1. The van der Waals surface area contributed by atoms with Crippen molar-refractivity contribution in [2.24, 2.45) is 11.7 Å². The van der Waals surface area contributed by atoms with E-state index in [1.165, 1.54) is 6.07 Å². The number of hydrogen-bond acceptors (Lipinski definition) is 4. The first-order chi connectivity index (χ1) is 8.08. The third-order valence-corrected chi connectivity index (χ3v) is 2.18. The van der Waals surface area contributed by atoms with Crippen molar-refractivity contribution in [2.45, 2.75) is 13.8 Å². The van der Waals surface area contributed by atoms with Crippen molar-refractivity contribution in [3.05, 3.63) is 29.3 Å². The summed E-state index contributed by atoms with van der Waals surface area (Å²) in [4.78, 5) is 11.4. The number of rotatable bonds is 5. The Morgan fingerprint density at radius 3 is 2.67 bits per heavy atom. The molecule has 98 valence electrons. The highest BCUT2D eigenvalue weighted by Gasteiger charge is 2.09. The van der Waals surface area contributed by atoms with Crippen LogP contribution in [0.1, 0.15) is 29.8 Å². The summed E-state index contributed by atoms with van der Waals surface area (Å²) < 4.78 is 5.49. The Hall–Kier alpha value is -1.57. The van der Waals surface area contributed by atoms with Crippen molar-refractivity contribution in [3.8, 4) is 11.8 Å². The molecule has 1 aromatic rings. The Morgan fingerprint density at radius 2 is 2.17 bits per heavy atom. The highest BCUT2D eigenvalue weighted by molar-refractivity contribution is 5.98. The van der Waals surface area contributed by atoms with Gasteiger partial charge in [0, 0.05) is 5.56 Å². The van der Waals surface area contributed by atoms with Crippen LogP contribution < -0.4 is 10.5 Å². The molecule has 5 heteroatoms. The lowest BCUT2D eigenvalue weighted by Crippen LogP contribution is -2.14. The molecule has 4 nitrogen and oxygen atoms in total. The number of nitriles is 1. The zero-order chi connectivity index (χ0) is 12.8. The van der Waals surface area contributed by atoms with E-state index in [-0.39, 0.29) is 24.7 Å². The summed E-state index contributed by atoms with van der Waals surface area (Å²) in [5, 5.41) is 8.99. The highest BCUT2D eigenvalue weighted by atomic mass is 35.5. The Balaban J connectivity index is 0.00000289. The van der Waals surface area contributed by atoms with Crippen LogP contribution in [0.2, 0.25) is 0 Å². The molecule has 0 saturated carbocycles. The van der Waals surface area contributed by atoms with Crippen LogP contribution in [0.15, 0.2) is 18.2 Å². The van der Waals surface area contributed by atoms with Gasteiger partial charge in [0.05, 0.1) is 18.7 Å². The van der Waals surface area contributed by atoms with Gasteiger partial charge in [-0.15, -0.1) is 12.4 Å². The van der Waals surface area contributed by atoms with Gasteiger partial charge in [-0.1, -0.05) is 13.8 Å². The normalized spacial score (nSPS) is 9.50. The molecule has 0 unspecified atom stereocenters. The van der Waals surface area contributed by atoms with Crippen LogP contribution >= 0.6 is 12.4 Å². The molecule has 0 aromatic heterocycles. The van der Waals surface area contributed by atoms with Crippen molar-refractivity contribution in [1.29, 1.82) is 5.26 Å². The molecular weight excluding hydrogens is 252 g/mol. The molecule has 0 heterocycles. The number of halogens is 1. The molecule has 0 aliphatic rings. The molecule has 0 aliphatic carbocycles. The first-order valence-corrected chi connectivity index (χ1v) is 5.48. The number of ketones is 1. The summed E-state index contributed by atoms with van der Waals surface area (Å²) in [6.45, 7) is 4.53. The van der Waals surface area contributed by atoms with Crippen molar-refractivity contribution in [2.75, 3.05) is 13.2 Å². The van der Waals surface area contributed by atoms with Gasteiger partial charge in [0.25, 0.3) is 0 Å². The lowest BCUT2D eigenvalue weighted by molar-refractivity contribution is 0.100. The molecule has 1 aromatic carbocycles. The molecule has 0 atom stereocenters. The molecule has 0 aliphatic heterocycles. The summed E-state index contributed by atoms with van der Waals surface area (Å²) in [6.07, 6.45) is 0. The Labute approximate surface area is 113 Å². The van der Waals surface area contributed by atoms with Gasteiger partial charge in [-0.3, -0.25) is 4.79 Å². The van der Waals surface area contributed by atoms with Crippen LogP contribution in [-0.4, -0.2) is 18.9 Å². The number of nitrogens with two attached hydrogens (primary N) is 1. The lowest BCUT2D eigenvalue weighted by Gasteiger charge is -2.10. The van der Waals surface area contributed by atoms with E-state index in [2.05, 4.69) is 0 Å². The van der Waals surface area contributed by atoms with Crippen molar-refractivity contribution < 1.29 is 9.53 Å². The van der Waals surface area contributed by atoms with Gasteiger partial charge >= 0.3 is 0 Å². The zero-order valence-electron chi connectivity index (χ0n) is 10.5. The van der Waals surface area contributed by atoms with Crippen LogP contribution in [0.5, 0.6) is 5.75 Å². The first-order valence-electron chi connectivity index (χ1n) is 5.48. The summed E-state index contributed by atoms with van der Waals surface area (Å²) in [7, 11) is 0. The second kappa shape index (κ2) is 7.70. The highest BCUT2D eigenvalue weighted by Crippen LogP contribution is 2.20. The zero-order valence-corrected chi connectivity index (χ0v) is 11.3. The molecule has 0 radical (unpaired) electrons. The number of Topliss-reactive ketones (excluding diaryl/α,β-unsaturated/α-hetero) is 1. The summed E-state index contributed by atoms with van der Waals surface area (Å²) in [5.41, 5.74) is 6.08. The van der Waals surface area contributed by atoms with E-state index in [0.717, 1.165) is 0 Å². The fraction of sp³-hybridized carbons (Fsp3) is 0.385. The minimum Gasteiger partial charge on any atom is -0.492 e. The number of ether oxygens (including phenoxy) is 1. The molecule has 18 heavy (non-hydrogen) atoms. The molecule has 0 saturated heterocycles. The fourth-order valence-corrected chi connectivity index (χ4v) is 1.29. The molecule has 0 spiro atoms. The standard InChI is InChI=1S/C13H16N2O2.ClH/c1-9(2)8-17-13-4-3-10(12(16)7-15)5-11(13)6-14;/h3-5,9H,7-8,15H2,1-2H3;1H. The van der Waals surface area contributed by atoms with E-state index >= 15 is 0 Å². The van der Waals surface area contributed by atoms with Crippen molar-refractivity contribution in [3.63, 3.8) is 0 Å². The molecule has 1 rings (SSSR count). The molecule has 0 bridgehead atoms. The maximum Gasteiger partial charge on any atom is 0.176 e. The first kappa shape index (κ1) is 16.4. The Bertz CT molecular complexity index is 453. The van der Waals surface area contributed by atoms with Gasteiger partial charge in [0.15, 0.2) is 5.78 Å². The van der Waals surface area contributed by atoms with Gasteiger partial charge in [0.2, 0.25) is 0 Å². The SMILES string of the molecule is CC(C)COc1ccc(C(=O)CN)cc1C#N.Cl. The predicted octanol–water partition coefficient (Wildman–Crippen LogP) is 2.16. The van der Waals surface area contributed by atoms with Crippen LogP contribution in [0, 0.1) is 17.2 Å². The molecule has 0 fully saturated rings. The monoisotopic (exact) mass is 268 g/mol. The maximum absolute atomic E-state index is 11.4. The second-order valence-corrected chi connectivity index (χ2v) is 4.15. The smallest absolute Gasteiger partial charge is 0.176 e. The van der Waals surface area contributed by atoms with Crippen molar-refractivity contribution >= 4 is 18.2 Å². The third kappa shape index (κ3) is 4.36. The number of nitrogens with zero attached hydrogens (tertiary/aromatic N) is 1. The van der Waals surface area contributed by atoms with E-state index in [0.29, 0.717) is 29.4 Å². The minimum atomic E-state index is -0.183. The van der Waals surface area contributed by atoms with E-state index in [9.17, 15) is 4.79 Å². The number of hydrogen-bond donors (Lipinski definition) is 1. The molecule has 0 amide bonds. The largest absolute Gasteiger partial charge is 0.492 e. The van der Waals surface area contributed by atoms with Crippen molar-refractivity contribution in [1.82, 2.24) is 0 Å². The topological polar surface area (TPSA) is 76.1 Å². The fourth-order valence-electron chi connectivity index (χ4n) is 1.29. The van der Waals surface area contributed by atoms with E-state index in [4.69, 9.17) is 15.7 Å². The third-order valence-electron chi connectivity index (χ3n) is 2.18. The second-order valence-electron chi connectivity index (χ2n) is 4.15. The van der Waals surface area contributed by atoms with Gasteiger partial charge in [-0.05, 0) is 24.1 Å². The van der Waals surface area contributed by atoms with Gasteiger partial charge < -0.3 is 10.5 Å². The minimum absolute atomic E-state index is 0. The number of carbonyl (C=O) groups is 1. The summed E-state index contributed by atoms with van der Waals surface area (Å²) in [6, 6.07) is 6.81. The summed E-state index contributed by atoms with van der Waals surface area (Å²) in [5.74, 6) is 0.707. The Morgan fingerprint density at radius 1 is 1.50 bits per heavy atom. The van der Waals surface area contributed by atoms with Gasteiger partial charge in [-0.25, -0.2) is 0 Å². The average molecular weight is 269 g/mol. The molecular formula is C13H17ClN2O2. The van der Waals surface area contributed by atoms with E-state index < -0.39 is 0 Å². The summed E-state index contributed by atoms with van der Waals surface area (Å²) >= 11 is 0. The van der Waals surface area contributed by atoms with Gasteiger partial charge in [-0.2, -0.15) is 5.26 Å². The average Bonchev–Trinajstić information content (AvgIpc) is 2.34. The maximum atomic E-state index is 11.4. The van der Waals surface area contributed by atoms with Crippen LogP contribution in [0.3, 0.4) is 0 Å².